The molecule has 0 bridgehead atoms. The smallest absolute Gasteiger partial charge is 0.250 e. The van der Waals surface area contributed by atoms with Crippen LogP contribution in [0.2, 0.25) is 0 Å². The van der Waals surface area contributed by atoms with E-state index in [1.54, 1.807) is 36.1 Å². The third kappa shape index (κ3) is 3.26. The van der Waals surface area contributed by atoms with E-state index in [1.165, 1.54) is 4.31 Å². The molecular weight excluding hydrogens is 336 g/mol. The lowest BCUT2D eigenvalue weighted by Crippen LogP contribution is -2.51. The van der Waals surface area contributed by atoms with E-state index in [9.17, 15) is 13.2 Å². The summed E-state index contributed by atoms with van der Waals surface area (Å²) in [5.41, 5.74) is 2.47. The van der Waals surface area contributed by atoms with Gasteiger partial charge in [-0.2, -0.15) is 0 Å². The maximum Gasteiger partial charge on any atom is 0.250 e. The van der Waals surface area contributed by atoms with Crippen molar-refractivity contribution in [1.82, 2.24) is 0 Å². The van der Waals surface area contributed by atoms with E-state index in [1.807, 2.05) is 37.3 Å². The van der Waals surface area contributed by atoms with Crippen LogP contribution in [-0.4, -0.2) is 32.7 Å². The van der Waals surface area contributed by atoms with E-state index in [2.05, 4.69) is 0 Å². The molecule has 132 valence electrons. The van der Waals surface area contributed by atoms with Gasteiger partial charge in [0.25, 0.3) is 5.91 Å². The van der Waals surface area contributed by atoms with Gasteiger partial charge in [0, 0.05) is 11.7 Å². The first-order chi connectivity index (χ1) is 11.8. The Hall–Kier alpha value is -2.34. The van der Waals surface area contributed by atoms with Crippen LogP contribution in [0.4, 0.5) is 11.4 Å². The number of para-hydroxylation sites is 2. The lowest BCUT2D eigenvalue weighted by molar-refractivity contribution is -0.119. The zero-order valence-corrected chi connectivity index (χ0v) is 15.4. The second kappa shape index (κ2) is 6.52. The molecule has 2 unspecified atom stereocenters. The van der Waals surface area contributed by atoms with Gasteiger partial charge in [0.2, 0.25) is 10.0 Å². The molecule has 0 radical (unpaired) electrons. The first-order valence-corrected chi connectivity index (χ1v) is 10.1. The topological polar surface area (TPSA) is 57.7 Å². The van der Waals surface area contributed by atoms with Crippen molar-refractivity contribution < 1.29 is 13.2 Å². The molecule has 0 saturated carbocycles. The van der Waals surface area contributed by atoms with Gasteiger partial charge in [-0.05, 0) is 44.0 Å². The highest BCUT2D eigenvalue weighted by Crippen LogP contribution is 2.33. The van der Waals surface area contributed by atoms with Gasteiger partial charge in [0.05, 0.1) is 11.9 Å². The minimum absolute atomic E-state index is 0.00420. The first kappa shape index (κ1) is 17.5. The van der Waals surface area contributed by atoms with Gasteiger partial charge >= 0.3 is 0 Å². The number of fused-ring (bicyclic) bond motifs is 1. The molecule has 0 fully saturated rings. The number of hydrogen-bond donors (Lipinski definition) is 0. The first-order valence-electron chi connectivity index (χ1n) is 8.26. The van der Waals surface area contributed by atoms with Gasteiger partial charge in [-0.25, -0.2) is 8.42 Å². The van der Waals surface area contributed by atoms with Crippen molar-refractivity contribution in [1.29, 1.82) is 0 Å². The zero-order chi connectivity index (χ0) is 18.2. The highest BCUT2D eigenvalue weighted by atomic mass is 32.2. The second-order valence-corrected chi connectivity index (χ2v) is 8.32. The summed E-state index contributed by atoms with van der Waals surface area (Å²) >= 11 is 0. The number of amides is 1. The van der Waals surface area contributed by atoms with E-state index in [-0.39, 0.29) is 11.9 Å². The quantitative estimate of drug-likeness (QED) is 0.844. The van der Waals surface area contributed by atoms with Crippen LogP contribution in [0.25, 0.3) is 0 Å². The Kier molecular flexibility index (Phi) is 4.56. The van der Waals surface area contributed by atoms with Crippen molar-refractivity contribution >= 4 is 27.3 Å². The summed E-state index contributed by atoms with van der Waals surface area (Å²) in [5, 5.41) is 0. The van der Waals surface area contributed by atoms with Crippen molar-refractivity contribution in [2.24, 2.45) is 0 Å². The molecule has 0 spiro atoms. The van der Waals surface area contributed by atoms with Crippen LogP contribution < -0.4 is 9.21 Å². The molecule has 0 saturated heterocycles. The Morgan fingerprint density at radius 1 is 1.12 bits per heavy atom. The van der Waals surface area contributed by atoms with Crippen LogP contribution in [0.3, 0.4) is 0 Å². The lowest BCUT2D eigenvalue weighted by Gasteiger charge is -2.33. The van der Waals surface area contributed by atoms with E-state index >= 15 is 0 Å². The number of hydrogen-bond acceptors (Lipinski definition) is 3. The Morgan fingerprint density at radius 3 is 2.36 bits per heavy atom. The second-order valence-electron chi connectivity index (χ2n) is 6.46. The van der Waals surface area contributed by atoms with Crippen LogP contribution in [0, 0.1) is 0 Å². The average molecular weight is 358 g/mol. The van der Waals surface area contributed by atoms with Crippen LogP contribution >= 0.6 is 0 Å². The molecule has 5 nitrogen and oxygen atoms in total. The van der Waals surface area contributed by atoms with Crippen molar-refractivity contribution in [3.05, 3.63) is 60.2 Å². The molecule has 1 heterocycles. The fourth-order valence-electron chi connectivity index (χ4n) is 3.48. The molecule has 25 heavy (non-hydrogen) atoms. The third-order valence-electron chi connectivity index (χ3n) is 4.52. The van der Waals surface area contributed by atoms with Crippen molar-refractivity contribution in [2.75, 3.05) is 15.5 Å². The Balaban J connectivity index is 1.98. The van der Waals surface area contributed by atoms with Gasteiger partial charge in [0.15, 0.2) is 0 Å². The molecule has 2 atom stereocenters. The van der Waals surface area contributed by atoms with Crippen LogP contribution in [0.1, 0.15) is 19.4 Å². The number of nitrogens with zero attached hydrogens (tertiary/aromatic N) is 2. The number of carbonyl (C=O) groups is 1. The van der Waals surface area contributed by atoms with Crippen LogP contribution in [0.15, 0.2) is 54.6 Å². The number of carbonyl (C=O) groups excluding carboxylic acids is 1. The molecule has 3 rings (SSSR count). The molecule has 1 aliphatic heterocycles. The van der Waals surface area contributed by atoms with E-state index in [0.29, 0.717) is 5.69 Å². The largest absolute Gasteiger partial charge is 0.307 e. The molecule has 1 aliphatic rings. The highest BCUT2D eigenvalue weighted by molar-refractivity contribution is 7.92. The predicted octanol–water partition coefficient (Wildman–Crippen LogP) is 2.82. The number of benzene rings is 2. The molecule has 0 aromatic heterocycles. The Bertz CT molecular complexity index is 881. The van der Waals surface area contributed by atoms with E-state index in [0.717, 1.165) is 23.9 Å². The fraction of sp³-hybridized carbons (Fsp3) is 0.316. The fourth-order valence-corrected chi connectivity index (χ4v) is 4.65. The summed E-state index contributed by atoms with van der Waals surface area (Å²) in [5.74, 6) is -0.216. The molecule has 2 aromatic carbocycles. The van der Waals surface area contributed by atoms with Crippen LogP contribution in [0.5, 0.6) is 0 Å². The van der Waals surface area contributed by atoms with Gasteiger partial charge in [0.1, 0.15) is 6.04 Å². The SMILES string of the molecule is CC1Cc2ccccc2N1C(=O)C(C)N(c1ccccc1)S(C)(=O)=O. The standard InChI is InChI=1S/C19H22N2O3S/c1-14-13-16-9-7-8-12-18(16)20(14)19(22)15(2)21(25(3,23)24)17-10-5-4-6-11-17/h4-12,14-15H,13H2,1-3H3. The normalized spacial score (nSPS) is 17.9. The molecule has 2 aromatic rings. The Morgan fingerprint density at radius 2 is 1.72 bits per heavy atom. The van der Waals surface area contributed by atoms with E-state index in [4.69, 9.17) is 0 Å². The molecular formula is C19H22N2O3S. The number of sulfonamides is 1. The van der Waals surface area contributed by atoms with Crippen molar-refractivity contribution in [3.8, 4) is 0 Å². The lowest BCUT2D eigenvalue weighted by atomic mass is 10.1. The summed E-state index contributed by atoms with van der Waals surface area (Å²) in [6.45, 7) is 3.63. The predicted molar refractivity (Wildman–Crippen MR) is 100 cm³/mol. The molecule has 0 aliphatic carbocycles. The minimum atomic E-state index is -3.60. The zero-order valence-electron chi connectivity index (χ0n) is 14.6. The third-order valence-corrected chi connectivity index (χ3v) is 5.76. The van der Waals surface area contributed by atoms with Crippen LogP contribution in [-0.2, 0) is 21.2 Å². The Labute approximate surface area is 148 Å². The molecule has 1 amide bonds. The number of rotatable bonds is 4. The average Bonchev–Trinajstić information content (AvgIpc) is 2.89. The molecule has 6 heteroatoms. The maximum absolute atomic E-state index is 13.2. The monoisotopic (exact) mass is 358 g/mol. The molecule has 0 N–H and O–H groups in total. The summed E-state index contributed by atoms with van der Waals surface area (Å²) in [7, 11) is -3.60. The van der Waals surface area contributed by atoms with Gasteiger partial charge in [-0.3, -0.25) is 9.10 Å². The van der Waals surface area contributed by atoms with Gasteiger partial charge in [-0.15, -0.1) is 0 Å². The summed E-state index contributed by atoms with van der Waals surface area (Å²) < 4.78 is 25.9. The van der Waals surface area contributed by atoms with Gasteiger partial charge in [-0.1, -0.05) is 36.4 Å². The summed E-state index contributed by atoms with van der Waals surface area (Å²) in [4.78, 5) is 14.9. The summed E-state index contributed by atoms with van der Waals surface area (Å²) in [6.07, 6.45) is 1.91. The maximum atomic E-state index is 13.2. The van der Waals surface area contributed by atoms with E-state index < -0.39 is 16.1 Å². The summed E-state index contributed by atoms with van der Waals surface area (Å²) in [6, 6.07) is 15.7. The minimum Gasteiger partial charge on any atom is -0.307 e. The highest BCUT2D eigenvalue weighted by Gasteiger charge is 2.37. The van der Waals surface area contributed by atoms with Gasteiger partial charge < -0.3 is 4.90 Å². The number of anilines is 2. The van der Waals surface area contributed by atoms with Crippen molar-refractivity contribution in [2.45, 2.75) is 32.4 Å². The van der Waals surface area contributed by atoms with Crippen molar-refractivity contribution in [3.63, 3.8) is 0 Å².